The molecule has 5 heteroatoms. The van der Waals surface area contributed by atoms with Crippen LogP contribution in [0.1, 0.15) is 29.1 Å². The summed E-state index contributed by atoms with van der Waals surface area (Å²) in [5, 5.41) is 4.64. The Morgan fingerprint density at radius 2 is 2.10 bits per heavy atom. The number of fused-ring (bicyclic) bond motifs is 1. The molecule has 3 rings (SSSR count). The van der Waals surface area contributed by atoms with E-state index in [4.69, 9.17) is 4.74 Å². The largest absolute Gasteiger partial charge is 0.476 e. The third-order valence-electron chi connectivity index (χ3n) is 3.15. The maximum absolute atomic E-state index is 12.3. The van der Waals surface area contributed by atoms with E-state index in [1.165, 1.54) is 11.3 Å². The van der Waals surface area contributed by atoms with Gasteiger partial charge in [0.15, 0.2) is 5.60 Å². The molecule has 102 valence electrons. The quantitative estimate of drug-likeness (QED) is 0.864. The van der Waals surface area contributed by atoms with Gasteiger partial charge in [-0.2, -0.15) is 0 Å². The molecule has 2 heterocycles. The first-order valence-electron chi connectivity index (χ1n) is 6.20. The van der Waals surface area contributed by atoms with Gasteiger partial charge in [0.25, 0.3) is 5.91 Å². The van der Waals surface area contributed by atoms with Gasteiger partial charge in [-0.1, -0.05) is 6.07 Å². The maximum Gasteiger partial charge on any atom is 0.268 e. The lowest BCUT2D eigenvalue weighted by molar-refractivity contribution is -0.129. The van der Waals surface area contributed by atoms with E-state index in [9.17, 15) is 9.59 Å². The number of benzene rings is 1. The van der Waals surface area contributed by atoms with Crippen molar-refractivity contribution in [1.82, 2.24) is 0 Å². The van der Waals surface area contributed by atoms with Gasteiger partial charge in [0.1, 0.15) is 5.75 Å². The molecule has 0 aliphatic carbocycles. The van der Waals surface area contributed by atoms with Crippen LogP contribution in [0.4, 0.5) is 5.69 Å². The van der Waals surface area contributed by atoms with E-state index >= 15 is 0 Å². The first kappa shape index (κ1) is 12.9. The number of anilines is 1. The van der Waals surface area contributed by atoms with Gasteiger partial charge in [-0.15, -0.1) is 11.3 Å². The summed E-state index contributed by atoms with van der Waals surface area (Å²) < 4.78 is 5.64. The zero-order valence-corrected chi connectivity index (χ0v) is 11.9. The molecule has 0 saturated carbocycles. The minimum Gasteiger partial charge on any atom is -0.476 e. The highest BCUT2D eigenvalue weighted by Gasteiger charge is 2.35. The lowest BCUT2D eigenvalue weighted by Crippen LogP contribution is -2.45. The standard InChI is InChI=1S/C15H13NO3S/c1-15(2)14(18)16-10-8-9(5-6-11(10)19-15)13(17)12-4-3-7-20-12/h3-8H,1-2H3,(H,16,18). The van der Waals surface area contributed by atoms with Gasteiger partial charge < -0.3 is 10.1 Å². The first-order chi connectivity index (χ1) is 9.47. The van der Waals surface area contributed by atoms with E-state index < -0.39 is 5.60 Å². The number of ketones is 1. The molecule has 1 aromatic carbocycles. The van der Waals surface area contributed by atoms with Crippen molar-refractivity contribution in [2.24, 2.45) is 0 Å². The summed E-state index contributed by atoms with van der Waals surface area (Å²) in [5.74, 6) is 0.310. The molecule has 1 N–H and O–H groups in total. The number of carbonyl (C=O) groups is 2. The summed E-state index contributed by atoms with van der Waals surface area (Å²) in [6.45, 7) is 3.41. The number of hydrogen-bond donors (Lipinski definition) is 1. The molecule has 4 nitrogen and oxygen atoms in total. The van der Waals surface area contributed by atoms with E-state index in [-0.39, 0.29) is 11.7 Å². The molecule has 0 unspecified atom stereocenters. The number of nitrogens with one attached hydrogen (secondary N) is 1. The summed E-state index contributed by atoms with van der Waals surface area (Å²) in [6.07, 6.45) is 0. The Labute approximate surface area is 120 Å². The van der Waals surface area contributed by atoms with Crippen molar-refractivity contribution in [3.63, 3.8) is 0 Å². The molecule has 2 aromatic rings. The molecule has 0 saturated heterocycles. The zero-order valence-electron chi connectivity index (χ0n) is 11.1. The Kier molecular flexibility index (Phi) is 2.87. The Hall–Kier alpha value is -2.14. The number of ether oxygens (including phenoxy) is 1. The van der Waals surface area contributed by atoms with E-state index in [2.05, 4.69) is 5.32 Å². The van der Waals surface area contributed by atoms with Crippen LogP contribution < -0.4 is 10.1 Å². The lowest BCUT2D eigenvalue weighted by atomic mass is 10.0. The molecule has 1 aliphatic heterocycles. The van der Waals surface area contributed by atoms with Crippen LogP contribution in [-0.2, 0) is 4.79 Å². The van der Waals surface area contributed by atoms with Gasteiger partial charge in [0.2, 0.25) is 5.78 Å². The molecule has 0 bridgehead atoms. The summed E-state index contributed by atoms with van der Waals surface area (Å²) in [6, 6.07) is 8.71. The van der Waals surface area contributed by atoms with Gasteiger partial charge in [-0.3, -0.25) is 9.59 Å². The molecule has 0 radical (unpaired) electrons. The van der Waals surface area contributed by atoms with Crippen molar-refractivity contribution in [3.05, 3.63) is 46.2 Å². The fourth-order valence-electron chi connectivity index (χ4n) is 2.00. The van der Waals surface area contributed by atoms with E-state index in [0.29, 0.717) is 21.9 Å². The van der Waals surface area contributed by atoms with Crippen LogP contribution in [0.2, 0.25) is 0 Å². The second kappa shape index (κ2) is 4.45. The van der Waals surface area contributed by atoms with Gasteiger partial charge in [0.05, 0.1) is 10.6 Å². The number of amides is 1. The number of rotatable bonds is 2. The van der Waals surface area contributed by atoms with Crippen LogP contribution in [-0.4, -0.2) is 17.3 Å². The fraction of sp³-hybridized carbons (Fsp3) is 0.200. The predicted octanol–water partition coefficient (Wildman–Crippen LogP) is 3.09. The van der Waals surface area contributed by atoms with Gasteiger partial charge in [-0.05, 0) is 43.5 Å². The minimum atomic E-state index is -0.897. The fourth-order valence-corrected chi connectivity index (χ4v) is 2.69. The van der Waals surface area contributed by atoms with Crippen LogP contribution in [0.3, 0.4) is 0 Å². The van der Waals surface area contributed by atoms with Crippen LogP contribution in [0.25, 0.3) is 0 Å². The van der Waals surface area contributed by atoms with Crippen LogP contribution >= 0.6 is 11.3 Å². The van der Waals surface area contributed by atoms with Crippen molar-refractivity contribution in [3.8, 4) is 5.75 Å². The number of carbonyl (C=O) groups excluding carboxylic acids is 2. The minimum absolute atomic E-state index is 0.0538. The molecule has 1 amide bonds. The zero-order chi connectivity index (χ0) is 14.3. The van der Waals surface area contributed by atoms with Crippen LogP contribution in [0, 0.1) is 0 Å². The van der Waals surface area contributed by atoms with Gasteiger partial charge in [-0.25, -0.2) is 0 Å². The lowest BCUT2D eigenvalue weighted by Gasteiger charge is -2.31. The smallest absolute Gasteiger partial charge is 0.268 e. The summed E-state index contributed by atoms with van der Waals surface area (Å²) in [4.78, 5) is 24.8. The molecule has 0 atom stereocenters. The molecule has 0 spiro atoms. The summed E-state index contributed by atoms with van der Waals surface area (Å²) >= 11 is 1.40. The first-order valence-corrected chi connectivity index (χ1v) is 7.08. The monoisotopic (exact) mass is 287 g/mol. The average molecular weight is 287 g/mol. The molecular formula is C15H13NO3S. The molecular weight excluding hydrogens is 274 g/mol. The van der Waals surface area contributed by atoms with Crippen molar-refractivity contribution in [1.29, 1.82) is 0 Å². The van der Waals surface area contributed by atoms with Gasteiger partial charge >= 0.3 is 0 Å². The third kappa shape index (κ3) is 2.10. The molecule has 20 heavy (non-hydrogen) atoms. The molecule has 1 aromatic heterocycles. The second-order valence-electron chi connectivity index (χ2n) is 5.08. The average Bonchev–Trinajstić information content (AvgIpc) is 2.92. The highest BCUT2D eigenvalue weighted by Crippen LogP contribution is 2.34. The summed E-state index contributed by atoms with van der Waals surface area (Å²) in [5.41, 5.74) is 0.179. The molecule has 1 aliphatic rings. The van der Waals surface area contributed by atoms with E-state index in [0.717, 1.165) is 0 Å². The van der Waals surface area contributed by atoms with E-state index in [1.807, 2.05) is 11.4 Å². The third-order valence-corrected chi connectivity index (χ3v) is 4.02. The normalized spacial score (nSPS) is 16.0. The van der Waals surface area contributed by atoms with Crippen molar-refractivity contribution in [2.45, 2.75) is 19.4 Å². The Morgan fingerprint density at radius 3 is 2.80 bits per heavy atom. The van der Waals surface area contributed by atoms with Crippen LogP contribution in [0.15, 0.2) is 35.7 Å². The highest BCUT2D eigenvalue weighted by atomic mass is 32.1. The van der Waals surface area contributed by atoms with Crippen molar-refractivity contribution < 1.29 is 14.3 Å². The predicted molar refractivity (Wildman–Crippen MR) is 77.5 cm³/mol. The highest BCUT2D eigenvalue weighted by molar-refractivity contribution is 7.12. The number of hydrogen-bond acceptors (Lipinski definition) is 4. The van der Waals surface area contributed by atoms with Crippen LogP contribution in [0.5, 0.6) is 5.75 Å². The van der Waals surface area contributed by atoms with Gasteiger partial charge in [0, 0.05) is 5.56 Å². The number of thiophene rings is 1. The second-order valence-corrected chi connectivity index (χ2v) is 6.03. The van der Waals surface area contributed by atoms with E-state index in [1.54, 1.807) is 38.1 Å². The Balaban J connectivity index is 1.97. The SMILES string of the molecule is CC1(C)Oc2ccc(C(=O)c3cccs3)cc2NC1=O. The molecule has 0 fully saturated rings. The topological polar surface area (TPSA) is 55.4 Å². The Morgan fingerprint density at radius 1 is 1.30 bits per heavy atom. The van der Waals surface area contributed by atoms with Crippen molar-refractivity contribution in [2.75, 3.05) is 5.32 Å². The summed E-state index contributed by atoms with van der Waals surface area (Å²) in [7, 11) is 0. The van der Waals surface area contributed by atoms with Crippen molar-refractivity contribution >= 4 is 28.7 Å². The Bertz CT molecular complexity index is 689. The maximum atomic E-state index is 12.3.